The number of aromatic nitrogens is 1. The number of rotatable bonds is 0. The average molecular weight is 314 g/mol. The molecule has 2 rings (SSSR count). The van der Waals surface area contributed by atoms with Crippen molar-refractivity contribution < 1.29 is 4.39 Å². The summed E-state index contributed by atoms with van der Waals surface area (Å²) in [5.74, 6) is -0.456. The van der Waals surface area contributed by atoms with Crippen LogP contribution in [0.4, 0.5) is 4.39 Å². The van der Waals surface area contributed by atoms with Crippen molar-refractivity contribution in [3.63, 3.8) is 0 Å². The number of H-pyrrole nitrogens is 1. The minimum atomic E-state index is -0.456. The zero-order chi connectivity index (χ0) is 11.0. The van der Waals surface area contributed by atoms with Gasteiger partial charge >= 0.3 is 0 Å². The van der Waals surface area contributed by atoms with Crippen molar-refractivity contribution >= 4 is 33.5 Å². The number of pyridine rings is 1. The Morgan fingerprint density at radius 1 is 1.40 bits per heavy atom. The zero-order valence-electron chi connectivity index (χ0n) is 7.34. The highest BCUT2D eigenvalue weighted by Crippen LogP contribution is 2.18. The van der Waals surface area contributed by atoms with E-state index in [9.17, 15) is 9.18 Å². The smallest absolute Gasteiger partial charge is 0.190 e. The molecule has 3 nitrogen and oxygen atoms in total. The molecule has 0 aliphatic heterocycles. The molecule has 0 amide bonds. The number of halogens is 2. The molecule has 15 heavy (non-hydrogen) atoms. The topological polar surface area (TPSA) is 56.6 Å². The number of hydrogen-bond donors (Lipinski definition) is 1. The molecule has 0 saturated heterocycles. The Bertz CT molecular complexity index is 642. The Hall–Kier alpha value is -1.42. The van der Waals surface area contributed by atoms with E-state index in [-0.39, 0.29) is 16.5 Å². The average Bonchev–Trinajstić information content (AvgIpc) is 2.19. The molecule has 1 aromatic heterocycles. The summed E-state index contributed by atoms with van der Waals surface area (Å²) in [5.41, 5.74) is 0.329. The van der Waals surface area contributed by atoms with Crippen molar-refractivity contribution in [3.05, 3.63) is 43.5 Å². The van der Waals surface area contributed by atoms with Gasteiger partial charge in [-0.15, -0.1) is 0 Å². The van der Waals surface area contributed by atoms with Crippen molar-refractivity contribution in [2.75, 3.05) is 0 Å². The minimum Gasteiger partial charge on any atom is -0.345 e. The van der Waals surface area contributed by atoms with E-state index in [2.05, 4.69) is 4.98 Å². The molecule has 5 heteroatoms. The van der Waals surface area contributed by atoms with Crippen molar-refractivity contribution in [3.8, 4) is 6.07 Å². The number of nitrogens with one attached hydrogen (secondary N) is 1. The van der Waals surface area contributed by atoms with Crippen LogP contribution in [-0.2, 0) is 0 Å². The van der Waals surface area contributed by atoms with Gasteiger partial charge in [0.2, 0.25) is 0 Å². The summed E-state index contributed by atoms with van der Waals surface area (Å²) in [6.07, 6.45) is 0. The summed E-state index contributed by atoms with van der Waals surface area (Å²) in [5, 5.41) is 8.93. The number of aromatic amines is 1. The first kappa shape index (κ1) is 10.1. The first-order chi connectivity index (χ1) is 7.11. The largest absolute Gasteiger partial charge is 0.345 e. The van der Waals surface area contributed by atoms with Crippen LogP contribution in [0.15, 0.2) is 23.0 Å². The van der Waals surface area contributed by atoms with Crippen LogP contribution in [0, 0.1) is 20.7 Å². The summed E-state index contributed by atoms with van der Waals surface area (Å²) in [7, 11) is 0. The normalized spacial score (nSPS) is 10.2. The Morgan fingerprint density at radius 2 is 2.13 bits per heavy atom. The molecule has 0 aliphatic rings. The quantitative estimate of drug-likeness (QED) is 0.758. The second kappa shape index (κ2) is 3.62. The Labute approximate surface area is 97.7 Å². The van der Waals surface area contributed by atoms with Crippen LogP contribution in [-0.4, -0.2) is 4.98 Å². The fraction of sp³-hybridized carbons (Fsp3) is 0. The highest BCUT2D eigenvalue weighted by Gasteiger charge is 2.07. The molecular formula is C10H4FIN2O. The summed E-state index contributed by atoms with van der Waals surface area (Å²) >= 11 is 1.91. The van der Waals surface area contributed by atoms with Gasteiger partial charge in [-0.05, 0) is 34.7 Å². The fourth-order valence-electron chi connectivity index (χ4n) is 1.33. The first-order valence-corrected chi connectivity index (χ1v) is 5.12. The summed E-state index contributed by atoms with van der Waals surface area (Å²) in [6, 6.07) is 5.48. The standard InChI is InChI=1S/C10H4FIN2O/c11-5-1-7-9(15)3-6(4-13)14-10(7)8(12)2-5/h1-3H,(H,14,15). The third kappa shape index (κ3) is 1.72. The number of hydrogen-bond acceptors (Lipinski definition) is 2. The monoisotopic (exact) mass is 314 g/mol. The number of fused-ring (bicyclic) bond motifs is 1. The van der Waals surface area contributed by atoms with Crippen molar-refractivity contribution in [2.45, 2.75) is 0 Å². The summed E-state index contributed by atoms with van der Waals surface area (Å²) in [6.45, 7) is 0. The van der Waals surface area contributed by atoms with E-state index in [0.29, 0.717) is 9.09 Å². The number of benzene rings is 1. The third-order valence-electron chi connectivity index (χ3n) is 1.98. The highest BCUT2D eigenvalue weighted by molar-refractivity contribution is 14.1. The molecule has 0 saturated carbocycles. The van der Waals surface area contributed by atoms with E-state index < -0.39 is 5.82 Å². The van der Waals surface area contributed by atoms with Gasteiger partial charge in [-0.25, -0.2) is 4.39 Å². The maximum atomic E-state index is 13.0. The predicted octanol–water partition coefficient (Wildman–Crippen LogP) is 2.14. The molecule has 0 unspecified atom stereocenters. The lowest BCUT2D eigenvalue weighted by molar-refractivity contribution is 0.628. The predicted molar refractivity (Wildman–Crippen MR) is 62.0 cm³/mol. The molecule has 0 aliphatic carbocycles. The van der Waals surface area contributed by atoms with E-state index in [1.807, 2.05) is 28.7 Å². The van der Waals surface area contributed by atoms with Gasteiger partial charge in [-0.1, -0.05) is 0 Å². The van der Waals surface area contributed by atoms with Crippen LogP contribution in [0.1, 0.15) is 5.69 Å². The third-order valence-corrected chi connectivity index (χ3v) is 2.83. The van der Waals surface area contributed by atoms with Crippen LogP contribution in [0.2, 0.25) is 0 Å². The second-order valence-electron chi connectivity index (χ2n) is 2.97. The van der Waals surface area contributed by atoms with E-state index in [1.165, 1.54) is 6.07 Å². The molecule has 74 valence electrons. The second-order valence-corrected chi connectivity index (χ2v) is 4.13. The van der Waals surface area contributed by atoms with E-state index in [4.69, 9.17) is 5.26 Å². The highest BCUT2D eigenvalue weighted by atomic mass is 127. The van der Waals surface area contributed by atoms with E-state index in [0.717, 1.165) is 12.1 Å². The van der Waals surface area contributed by atoms with Crippen LogP contribution in [0.3, 0.4) is 0 Å². The molecular weight excluding hydrogens is 310 g/mol. The molecule has 0 spiro atoms. The molecule has 0 fully saturated rings. The maximum absolute atomic E-state index is 13.0. The molecule has 1 heterocycles. The SMILES string of the molecule is N#Cc1cc(=O)c2cc(F)cc(I)c2[nH]1. The van der Waals surface area contributed by atoms with Gasteiger partial charge in [0.15, 0.2) is 5.43 Å². The van der Waals surface area contributed by atoms with Gasteiger partial charge in [-0.2, -0.15) is 5.26 Å². The molecule has 0 atom stereocenters. The fourth-order valence-corrected chi connectivity index (χ4v) is 2.06. The Kier molecular flexibility index (Phi) is 2.44. The van der Waals surface area contributed by atoms with Crippen LogP contribution >= 0.6 is 22.6 Å². The summed E-state index contributed by atoms with van der Waals surface area (Å²) < 4.78 is 13.6. The minimum absolute atomic E-state index is 0.178. The van der Waals surface area contributed by atoms with Gasteiger partial charge in [0.25, 0.3) is 0 Å². The molecule has 1 aromatic carbocycles. The van der Waals surface area contributed by atoms with Gasteiger partial charge in [0, 0.05) is 15.0 Å². The maximum Gasteiger partial charge on any atom is 0.190 e. The van der Waals surface area contributed by atoms with Gasteiger partial charge < -0.3 is 4.98 Å². The lowest BCUT2D eigenvalue weighted by atomic mass is 10.2. The van der Waals surface area contributed by atoms with Gasteiger partial charge in [-0.3, -0.25) is 4.79 Å². The molecule has 0 radical (unpaired) electrons. The molecule has 1 N–H and O–H groups in total. The number of nitrogens with zero attached hydrogens (tertiary/aromatic N) is 1. The zero-order valence-corrected chi connectivity index (χ0v) is 9.50. The van der Waals surface area contributed by atoms with Crippen LogP contribution in [0.5, 0.6) is 0 Å². The van der Waals surface area contributed by atoms with E-state index in [1.54, 1.807) is 0 Å². The van der Waals surface area contributed by atoms with E-state index >= 15 is 0 Å². The lowest BCUT2D eigenvalue weighted by Gasteiger charge is -2.01. The van der Waals surface area contributed by atoms with Crippen LogP contribution < -0.4 is 5.43 Å². The Balaban J connectivity index is 3.00. The van der Waals surface area contributed by atoms with Crippen molar-refractivity contribution in [1.82, 2.24) is 4.98 Å². The van der Waals surface area contributed by atoms with Gasteiger partial charge in [0.05, 0.1) is 5.52 Å². The number of nitriles is 1. The van der Waals surface area contributed by atoms with Crippen LogP contribution in [0.25, 0.3) is 10.9 Å². The van der Waals surface area contributed by atoms with Gasteiger partial charge in [0.1, 0.15) is 17.6 Å². The van der Waals surface area contributed by atoms with Crippen molar-refractivity contribution in [1.29, 1.82) is 5.26 Å². The Morgan fingerprint density at radius 3 is 2.80 bits per heavy atom. The van der Waals surface area contributed by atoms with Crippen molar-refractivity contribution in [2.24, 2.45) is 0 Å². The first-order valence-electron chi connectivity index (χ1n) is 4.04. The molecule has 2 aromatic rings. The lowest BCUT2D eigenvalue weighted by Crippen LogP contribution is -2.05. The summed E-state index contributed by atoms with van der Waals surface area (Å²) in [4.78, 5) is 14.3. The molecule has 0 bridgehead atoms.